The molecule has 15 heavy (non-hydrogen) atoms. The Morgan fingerprint density at radius 3 is 2.00 bits per heavy atom. The molecule has 0 aromatic rings. The highest BCUT2D eigenvalue weighted by molar-refractivity contribution is 6.21. The van der Waals surface area contributed by atoms with E-state index in [1.54, 1.807) is 0 Å². The Kier molecular flexibility index (Phi) is 8.61. The van der Waals surface area contributed by atoms with Crippen LogP contribution in [0.15, 0.2) is 0 Å². The third-order valence-corrected chi connectivity index (χ3v) is 4.38. The first kappa shape index (κ1) is 15.3. The highest BCUT2D eigenvalue weighted by Gasteiger charge is 2.24. The number of halogens is 1. The smallest absolute Gasteiger partial charge is 0.0387 e. The molecule has 0 aromatic carbocycles. The molecule has 0 rings (SSSR count). The van der Waals surface area contributed by atoms with Crippen molar-refractivity contribution in [2.75, 3.05) is 0 Å². The minimum absolute atomic E-state index is 0.310. The summed E-state index contributed by atoms with van der Waals surface area (Å²) < 4.78 is 0. The third-order valence-electron chi connectivity index (χ3n) is 3.57. The SMILES string of the molecule is CCCCCCCCC(Cl)C(C)(C)CC. The van der Waals surface area contributed by atoms with Gasteiger partial charge in [-0.1, -0.05) is 66.2 Å². The lowest BCUT2D eigenvalue weighted by Crippen LogP contribution is -2.23. The molecule has 0 bridgehead atoms. The van der Waals surface area contributed by atoms with Gasteiger partial charge in [0.05, 0.1) is 0 Å². The second kappa shape index (κ2) is 8.44. The predicted molar refractivity (Wildman–Crippen MR) is 71.7 cm³/mol. The molecule has 0 aliphatic rings. The summed E-state index contributed by atoms with van der Waals surface area (Å²) in [6, 6.07) is 0. The highest BCUT2D eigenvalue weighted by Crippen LogP contribution is 2.32. The molecule has 1 unspecified atom stereocenters. The minimum atomic E-state index is 0.310. The summed E-state index contributed by atoms with van der Waals surface area (Å²) in [6.45, 7) is 9.05. The molecule has 0 amide bonds. The zero-order valence-electron chi connectivity index (χ0n) is 11.1. The van der Waals surface area contributed by atoms with Gasteiger partial charge in [-0.3, -0.25) is 0 Å². The van der Waals surface area contributed by atoms with Crippen molar-refractivity contribution < 1.29 is 0 Å². The molecule has 0 aromatic heterocycles. The normalized spacial score (nSPS) is 14.2. The fourth-order valence-electron chi connectivity index (χ4n) is 1.72. The van der Waals surface area contributed by atoms with Crippen molar-refractivity contribution in [3.8, 4) is 0 Å². The van der Waals surface area contributed by atoms with E-state index in [1.165, 1.54) is 51.4 Å². The van der Waals surface area contributed by atoms with Gasteiger partial charge in [0.2, 0.25) is 0 Å². The van der Waals surface area contributed by atoms with Crippen LogP contribution < -0.4 is 0 Å². The molecular formula is C14H29Cl. The molecule has 0 saturated heterocycles. The van der Waals surface area contributed by atoms with E-state index in [0.29, 0.717) is 10.8 Å². The lowest BCUT2D eigenvalue weighted by molar-refractivity contribution is 0.315. The second-order valence-electron chi connectivity index (χ2n) is 5.37. The molecule has 0 fully saturated rings. The number of hydrogen-bond donors (Lipinski definition) is 0. The Morgan fingerprint density at radius 2 is 1.47 bits per heavy atom. The van der Waals surface area contributed by atoms with Crippen LogP contribution in [0, 0.1) is 5.41 Å². The summed E-state index contributed by atoms with van der Waals surface area (Å²) in [7, 11) is 0. The molecule has 0 radical (unpaired) electrons. The quantitative estimate of drug-likeness (QED) is 0.349. The first-order chi connectivity index (χ1) is 7.04. The van der Waals surface area contributed by atoms with Gasteiger partial charge in [-0.2, -0.15) is 0 Å². The summed E-state index contributed by atoms with van der Waals surface area (Å²) in [4.78, 5) is 0. The number of unbranched alkanes of at least 4 members (excludes halogenated alkanes) is 5. The molecular weight excluding hydrogens is 204 g/mol. The fraction of sp³-hybridized carbons (Fsp3) is 1.00. The van der Waals surface area contributed by atoms with Gasteiger partial charge >= 0.3 is 0 Å². The average Bonchev–Trinajstić information content (AvgIpc) is 2.22. The van der Waals surface area contributed by atoms with Gasteiger partial charge in [0.15, 0.2) is 0 Å². The number of alkyl halides is 1. The lowest BCUT2D eigenvalue weighted by Gasteiger charge is -2.28. The van der Waals surface area contributed by atoms with Gasteiger partial charge in [-0.15, -0.1) is 11.6 Å². The molecule has 0 heterocycles. The highest BCUT2D eigenvalue weighted by atomic mass is 35.5. The number of rotatable bonds is 9. The van der Waals surface area contributed by atoms with Crippen LogP contribution in [-0.4, -0.2) is 5.38 Å². The van der Waals surface area contributed by atoms with E-state index in [4.69, 9.17) is 11.6 Å². The maximum Gasteiger partial charge on any atom is 0.0387 e. The van der Waals surface area contributed by atoms with Crippen molar-refractivity contribution in [1.29, 1.82) is 0 Å². The van der Waals surface area contributed by atoms with E-state index >= 15 is 0 Å². The van der Waals surface area contributed by atoms with E-state index in [1.807, 2.05) is 0 Å². The lowest BCUT2D eigenvalue weighted by atomic mass is 9.84. The topological polar surface area (TPSA) is 0 Å². The minimum Gasteiger partial charge on any atom is -0.122 e. The molecule has 1 heteroatoms. The van der Waals surface area contributed by atoms with Crippen LogP contribution in [0.2, 0.25) is 0 Å². The van der Waals surface area contributed by atoms with Crippen LogP contribution in [0.25, 0.3) is 0 Å². The number of hydrogen-bond acceptors (Lipinski definition) is 0. The van der Waals surface area contributed by atoms with Crippen molar-refractivity contribution in [3.63, 3.8) is 0 Å². The van der Waals surface area contributed by atoms with E-state index in [0.717, 1.165) is 0 Å². The van der Waals surface area contributed by atoms with Crippen molar-refractivity contribution >= 4 is 11.6 Å². The van der Waals surface area contributed by atoms with Gasteiger partial charge in [-0.25, -0.2) is 0 Å². The van der Waals surface area contributed by atoms with Gasteiger partial charge in [0.25, 0.3) is 0 Å². The van der Waals surface area contributed by atoms with E-state index in [9.17, 15) is 0 Å². The Morgan fingerprint density at radius 1 is 0.933 bits per heavy atom. The monoisotopic (exact) mass is 232 g/mol. The summed E-state index contributed by atoms with van der Waals surface area (Å²) in [5.41, 5.74) is 0.310. The zero-order valence-corrected chi connectivity index (χ0v) is 11.9. The Bertz CT molecular complexity index is 140. The first-order valence-corrected chi connectivity index (χ1v) is 7.12. The molecule has 1 atom stereocenters. The largest absolute Gasteiger partial charge is 0.122 e. The van der Waals surface area contributed by atoms with E-state index in [-0.39, 0.29) is 0 Å². The van der Waals surface area contributed by atoms with Crippen LogP contribution in [0.1, 0.15) is 79.1 Å². The maximum atomic E-state index is 6.41. The Hall–Kier alpha value is 0.290. The fourth-order valence-corrected chi connectivity index (χ4v) is 2.02. The maximum absolute atomic E-state index is 6.41. The van der Waals surface area contributed by atoms with E-state index in [2.05, 4.69) is 27.7 Å². The zero-order chi connectivity index (χ0) is 11.7. The summed E-state index contributed by atoms with van der Waals surface area (Å²) in [6.07, 6.45) is 10.6. The van der Waals surface area contributed by atoms with Crippen molar-refractivity contribution in [1.82, 2.24) is 0 Å². The Balaban J connectivity index is 3.43. The molecule has 0 aliphatic heterocycles. The summed E-state index contributed by atoms with van der Waals surface area (Å²) in [5.74, 6) is 0. The van der Waals surface area contributed by atoms with Gasteiger partial charge in [-0.05, 0) is 18.3 Å². The van der Waals surface area contributed by atoms with Gasteiger partial charge in [0.1, 0.15) is 0 Å². The third kappa shape index (κ3) is 7.22. The average molecular weight is 233 g/mol. The van der Waals surface area contributed by atoms with Crippen molar-refractivity contribution in [3.05, 3.63) is 0 Å². The van der Waals surface area contributed by atoms with Crippen LogP contribution >= 0.6 is 11.6 Å². The summed E-state index contributed by atoms with van der Waals surface area (Å²) >= 11 is 6.41. The molecule has 0 spiro atoms. The van der Waals surface area contributed by atoms with Crippen LogP contribution in [0.3, 0.4) is 0 Å². The molecule has 0 aliphatic carbocycles. The molecule has 92 valence electrons. The van der Waals surface area contributed by atoms with Crippen LogP contribution in [0.4, 0.5) is 0 Å². The van der Waals surface area contributed by atoms with Gasteiger partial charge < -0.3 is 0 Å². The van der Waals surface area contributed by atoms with Crippen molar-refractivity contribution in [2.45, 2.75) is 84.4 Å². The van der Waals surface area contributed by atoms with Crippen molar-refractivity contribution in [2.24, 2.45) is 5.41 Å². The van der Waals surface area contributed by atoms with Crippen LogP contribution in [-0.2, 0) is 0 Å². The molecule has 0 nitrogen and oxygen atoms in total. The Labute approximate surface area is 102 Å². The van der Waals surface area contributed by atoms with Gasteiger partial charge in [0, 0.05) is 5.38 Å². The molecule has 0 N–H and O–H groups in total. The summed E-state index contributed by atoms with van der Waals surface area (Å²) in [5, 5.41) is 0.355. The van der Waals surface area contributed by atoms with Crippen LogP contribution in [0.5, 0.6) is 0 Å². The first-order valence-electron chi connectivity index (χ1n) is 6.68. The van der Waals surface area contributed by atoms with E-state index < -0.39 is 0 Å². The predicted octanol–water partition coefficient (Wildman–Crippen LogP) is 5.78. The standard InChI is InChI=1S/C14H29Cl/c1-5-7-8-9-10-11-12-13(15)14(3,4)6-2/h13H,5-12H2,1-4H3. The molecule has 0 saturated carbocycles. The second-order valence-corrected chi connectivity index (χ2v) is 5.89.